The van der Waals surface area contributed by atoms with Gasteiger partial charge in [0.15, 0.2) is 0 Å². The molecule has 0 aliphatic rings. The summed E-state index contributed by atoms with van der Waals surface area (Å²) in [7, 11) is 0. The van der Waals surface area contributed by atoms with Gasteiger partial charge in [-0.2, -0.15) is 0 Å². The van der Waals surface area contributed by atoms with Crippen LogP contribution in [0.15, 0.2) is 24.5 Å². The molecular formula is C11H17NO. The van der Waals surface area contributed by atoms with Crippen LogP contribution in [0.3, 0.4) is 0 Å². The second-order valence-corrected chi connectivity index (χ2v) is 3.10. The van der Waals surface area contributed by atoms with Crippen molar-refractivity contribution in [3.05, 3.63) is 30.1 Å². The molecule has 0 saturated carbocycles. The molecule has 0 aromatic carbocycles. The molecule has 13 heavy (non-hydrogen) atoms. The van der Waals surface area contributed by atoms with Gasteiger partial charge in [-0.05, 0) is 30.5 Å². The molecular weight excluding hydrogens is 162 g/mol. The molecule has 0 bridgehead atoms. The standard InChI is InChI=1S/C11H17NO/c1-3-11(4-2)13-9-10-5-7-12-8-6-10/h5-8,11H,3-4,9H2,1-2H3. The second kappa shape index (κ2) is 5.70. The van der Waals surface area contributed by atoms with Crippen LogP contribution in [0.1, 0.15) is 32.3 Å². The molecule has 1 rings (SSSR count). The van der Waals surface area contributed by atoms with E-state index in [2.05, 4.69) is 18.8 Å². The number of ether oxygens (including phenoxy) is 1. The minimum absolute atomic E-state index is 0.396. The Bertz CT molecular complexity index is 219. The molecule has 0 atom stereocenters. The highest BCUT2D eigenvalue weighted by Crippen LogP contribution is 2.07. The van der Waals surface area contributed by atoms with Crippen molar-refractivity contribution >= 4 is 0 Å². The minimum atomic E-state index is 0.396. The normalized spacial score (nSPS) is 10.7. The van der Waals surface area contributed by atoms with E-state index in [1.165, 1.54) is 5.56 Å². The number of hydrogen-bond acceptors (Lipinski definition) is 2. The monoisotopic (exact) mass is 179 g/mol. The van der Waals surface area contributed by atoms with Crippen LogP contribution in [-0.2, 0) is 11.3 Å². The van der Waals surface area contributed by atoms with Gasteiger partial charge in [-0.3, -0.25) is 4.98 Å². The van der Waals surface area contributed by atoms with Gasteiger partial charge in [-0.25, -0.2) is 0 Å². The van der Waals surface area contributed by atoms with Crippen molar-refractivity contribution in [1.29, 1.82) is 0 Å². The summed E-state index contributed by atoms with van der Waals surface area (Å²) in [6.07, 6.45) is 6.16. The summed E-state index contributed by atoms with van der Waals surface area (Å²) in [5.74, 6) is 0. The lowest BCUT2D eigenvalue weighted by atomic mass is 10.2. The van der Waals surface area contributed by atoms with Crippen LogP contribution in [0, 0.1) is 0 Å². The summed E-state index contributed by atoms with van der Waals surface area (Å²) in [6.45, 7) is 5.01. The number of nitrogens with zero attached hydrogens (tertiary/aromatic N) is 1. The minimum Gasteiger partial charge on any atom is -0.374 e. The highest BCUT2D eigenvalue weighted by Gasteiger charge is 2.02. The summed E-state index contributed by atoms with van der Waals surface area (Å²) >= 11 is 0. The predicted octanol–water partition coefficient (Wildman–Crippen LogP) is 2.79. The molecule has 1 aromatic heterocycles. The van der Waals surface area contributed by atoms with Gasteiger partial charge in [-0.1, -0.05) is 13.8 Å². The zero-order valence-corrected chi connectivity index (χ0v) is 8.36. The molecule has 0 amide bonds. The molecule has 72 valence electrons. The first-order valence-electron chi connectivity index (χ1n) is 4.87. The Kier molecular flexibility index (Phi) is 4.47. The van der Waals surface area contributed by atoms with E-state index in [0.29, 0.717) is 12.7 Å². The van der Waals surface area contributed by atoms with Crippen LogP contribution >= 0.6 is 0 Å². The van der Waals surface area contributed by atoms with Gasteiger partial charge in [0.2, 0.25) is 0 Å². The van der Waals surface area contributed by atoms with Gasteiger partial charge in [0.1, 0.15) is 0 Å². The van der Waals surface area contributed by atoms with E-state index in [4.69, 9.17) is 4.74 Å². The Balaban J connectivity index is 2.34. The molecule has 0 saturated heterocycles. The second-order valence-electron chi connectivity index (χ2n) is 3.10. The summed E-state index contributed by atoms with van der Waals surface area (Å²) in [4.78, 5) is 3.96. The number of hydrogen-bond donors (Lipinski definition) is 0. The van der Waals surface area contributed by atoms with Crippen molar-refractivity contribution in [1.82, 2.24) is 4.98 Å². The largest absolute Gasteiger partial charge is 0.374 e. The molecule has 1 aromatic rings. The number of aromatic nitrogens is 1. The molecule has 0 N–H and O–H groups in total. The Hall–Kier alpha value is -0.890. The van der Waals surface area contributed by atoms with Crippen LogP contribution < -0.4 is 0 Å². The van der Waals surface area contributed by atoms with E-state index < -0.39 is 0 Å². The molecule has 0 unspecified atom stereocenters. The summed E-state index contributed by atoms with van der Waals surface area (Å²) in [6, 6.07) is 3.98. The predicted molar refractivity (Wildman–Crippen MR) is 53.4 cm³/mol. The van der Waals surface area contributed by atoms with E-state index in [0.717, 1.165) is 12.8 Å². The molecule has 2 heteroatoms. The zero-order chi connectivity index (χ0) is 9.52. The van der Waals surface area contributed by atoms with Crippen molar-refractivity contribution in [3.63, 3.8) is 0 Å². The molecule has 0 aliphatic carbocycles. The molecule has 0 aliphatic heterocycles. The molecule has 0 spiro atoms. The number of pyridine rings is 1. The SMILES string of the molecule is CCC(CC)OCc1ccncc1. The lowest BCUT2D eigenvalue weighted by Gasteiger charge is -2.13. The maximum atomic E-state index is 5.70. The third-order valence-corrected chi connectivity index (χ3v) is 2.15. The van der Waals surface area contributed by atoms with Crippen LogP contribution in [0.4, 0.5) is 0 Å². The van der Waals surface area contributed by atoms with Gasteiger partial charge in [0, 0.05) is 12.4 Å². The Morgan fingerprint density at radius 1 is 1.23 bits per heavy atom. The van der Waals surface area contributed by atoms with Crippen molar-refractivity contribution in [3.8, 4) is 0 Å². The fourth-order valence-corrected chi connectivity index (χ4v) is 1.22. The first kappa shape index (κ1) is 10.2. The van der Waals surface area contributed by atoms with Crippen LogP contribution in [-0.4, -0.2) is 11.1 Å². The summed E-state index contributed by atoms with van der Waals surface area (Å²) in [5, 5.41) is 0. The maximum absolute atomic E-state index is 5.70. The molecule has 2 nitrogen and oxygen atoms in total. The molecule has 0 radical (unpaired) electrons. The topological polar surface area (TPSA) is 22.1 Å². The van der Waals surface area contributed by atoms with Gasteiger partial charge >= 0.3 is 0 Å². The Labute approximate surface area is 80.0 Å². The van der Waals surface area contributed by atoms with E-state index in [1.807, 2.05) is 12.1 Å². The van der Waals surface area contributed by atoms with Crippen LogP contribution in [0.5, 0.6) is 0 Å². The van der Waals surface area contributed by atoms with Gasteiger partial charge in [-0.15, -0.1) is 0 Å². The van der Waals surface area contributed by atoms with E-state index in [9.17, 15) is 0 Å². The average molecular weight is 179 g/mol. The first-order valence-corrected chi connectivity index (χ1v) is 4.87. The van der Waals surface area contributed by atoms with Crippen LogP contribution in [0.25, 0.3) is 0 Å². The average Bonchev–Trinajstić information content (AvgIpc) is 2.21. The molecule has 1 heterocycles. The lowest BCUT2D eigenvalue weighted by Crippen LogP contribution is -2.09. The third kappa shape index (κ3) is 3.55. The molecule has 0 fully saturated rings. The van der Waals surface area contributed by atoms with Crippen molar-refractivity contribution in [2.75, 3.05) is 0 Å². The highest BCUT2D eigenvalue weighted by atomic mass is 16.5. The van der Waals surface area contributed by atoms with Crippen molar-refractivity contribution in [2.24, 2.45) is 0 Å². The Morgan fingerprint density at radius 3 is 2.38 bits per heavy atom. The van der Waals surface area contributed by atoms with E-state index in [-0.39, 0.29) is 0 Å². The summed E-state index contributed by atoms with van der Waals surface area (Å²) in [5.41, 5.74) is 1.20. The number of rotatable bonds is 5. The maximum Gasteiger partial charge on any atom is 0.0721 e. The van der Waals surface area contributed by atoms with Gasteiger partial charge < -0.3 is 4.74 Å². The summed E-state index contributed by atoms with van der Waals surface area (Å²) < 4.78 is 5.70. The van der Waals surface area contributed by atoms with Crippen molar-refractivity contribution in [2.45, 2.75) is 39.4 Å². The third-order valence-electron chi connectivity index (χ3n) is 2.15. The smallest absolute Gasteiger partial charge is 0.0721 e. The van der Waals surface area contributed by atoms with E-state index >= 15 is 0 Å². The zero-order valence-electron chi connectivity index (χ0n) is 8.36. The van der Waals surface area contributed by atoms with Crippen molar-refractivity contribution < 1.29 is 4.74 Å². The fraction of sp³-hybridized carbons (Fsp3) is 0.545. The van der Waals surface area contributed by atoms with Gasteiger partial charge in [0.05, 0.1) is 12.7 Å². The Morgan fingerprint density at radius 2 is 1.85 bits per heavy atom. The van der Waals surface area contributed by atoms with Gasteiger partial charge in [0.25, 0.3) is 0 Å². The fourth-order valence-electron chi connectivity index (χ4n) is 1.22. The lowest BCUT2D eigenvalue weighted by molar-refractivity contribution is 0.0358. The quantitative estimate of drug-likeness (QED) is 0.693. The van der Waals surface area contributed by atoms with E-state index in [1.54, 1.807) is 12.4 Å². The highest BCUT2D eigenvalue weighted by molar-refractivity contribution is 5.07. The van der Waals surface area contributed by atoms with Crippen LogP contribution in [0.2, 0.25) is 0 Å². The first-order chi connectivity index (χ1) is 6.36.